The highest BCUT2D eigenvalue weighted by molar-refractivity contribution is 5.95. The molecule has 4 heterocycles. The van der Waals surface area contributed by atoms with E-state index in [-0.39, 0.29) is 11.8 Å². The Balaban J connectivity index is 1.47. The summed E-state index contributed by atoms with van der Waals surface area (Å²) < 4.78 is 7.75. The van der Waals surface area contributed by atoms with Gasteiger partial charge in [-0.1, -0.05) is 0 Å². The number of hydrogen-bond acceptors (Lipinski definition) is 6. The topological polar surface area (TPSA) is 86.0 Å². The van der Waals surface area contributed by atoms with E-state index in [2.05, 4.69) is 20.1 Å². The van der Waals surface area contributed by atoms with E-state index in [1.54, 1.807) is 29.5 Å². The minimum atomic E-state index is 0.0376. The first-order valence-corrected chi connectivity index (χ1v) is 9.73. The summed E-state index contributed by atoms with van der Waals surface area (Å²) in [4.78, 5) is 27.9. The fraction of sp³-hybridized carbons (Fsp3) is 0.381. The molecule has 1 amide bonds. The van der Waals surface area contributed by atoms with Crippen molar-refractivity contribution in [1.29, 1.82) is 0 Å². The number of carbonyl (C=O) groups excluding carboxylic acids is 1. The summed E-state index contributed by atoms with van der Waals surface area (Å²) in [5.74, 6) is 1.41. The Morgan fingerprint density at radius 3 is 2.55 bits per heavy atom. The molecule has 0 saturated carbocycles. The van der Waals surface area contributed by atoms with Gasteiger partial charge >= 0.3 is 0 Å². The third-order valence-electron chi connectivity index (χ3n) is 5.49. The molecular formula is C21H24N6O2. The van der Waals surface area contributed by atoms with E-state index < -0.39 is 0 Å². The van der Waals surface area contributed by atoms with Gasteiger partial charge in [0.25, 0.3) is 5.91 Å². The molecule has 1 saturated heterocycles. The molecule has 8 heteroatoms. The lowest BCUT2D eigenvalue weighted by atomic mass is 9.93. The van der Waals surface area contributed by atoms with Gasteiger partial charge in [-0.05, 0) is 38.8 Å². The molecule has 150 valence electrons. The molecule has 1 aliphatic rings. The lowest BCUT2D eigenvalue weighted by Gasteiger charge is -2.32. The summed E-state index contributed by atoms with van der Waals surface area (Å²) in [5.41, 5.74) is 3.19. The van der Waals surface area contributed by atoms with Gasteiger partial charge in [0.2, 0.25) is 5.88 Å². The van der Waals surface area contributed by atoms with Crippen LogP contribution in [0.2, 0.25) is 0 Å². The number of pyridine rings is 1. The molecule has 0 spiro atoms. The maximum absolute atomic E-state index is 12.8. The zero-order chi connectivity index (χ0) is 20.4. The Bertz CT molecular complexity index is 1020. The van der Waals surface area contributed by atoms with Crippen LogP contribution >= 0.6 is 0 Å². The minimum absolute atomic E-state index is 0.0376. The van der Waals surface area contributed by atoms with Crippen molar-refractivity contribution in [2.24, 2.45) is 7.05 Å². The lowest BCUT2D eigenvalue weighted by Crippen LogP contribution is -2.38. The van der Waals surface area contributed by atoms with E-state index in [0.29, 0.717) is 30.3 Å². The van der Waals surface area contributed by atoms with Crippen molar-refractivity contribution in [3.63, 3.8) is 0 Å². The Labute approximate surface area is 169 Å². The first-order valence-electron chi connectivity index (χ1n) is 9.73. The summed E-state index contributed by atoms with van der Waals surface area (Å²) in [6.45, 7) is 5.14. The van der Waals surface area contributed by atoms with Gasteiger partial charge in [0.05, 0.1) is 17.5 Å². The number of piperidine rings is 1. The molecule has 0 unspecified atom stereocenters. The number of aromatic nitrogens is 5. The number of carbonyl (C=O) groups is 1. The summed E-state index contributed by atoms with van der Waals surface area (Å²) >= 11 is 0. The van der Waals surface area contributed by atoms with Crippen LogP contribution in [0.1, 0.15) is 46.2 Å². The van der Waals surface area contributed by atoms with Crippen molar-refractivity contribution in [2.75, 3.05) is 13.1 Å². The highest BCUT2D eigenvalue weighted by Crippen LogP contribution is 2.34. The van der Waals surface area contributed by atoms with E-state index in [1.165, 1.54) is 0 Å². The number of hydrogen-bond donors (Lipinski definition) is 0. The fourth-order valence-corrected chi connectivity index (χ4v) is 3.61. The van der Waals surface area contributed by atoms with Crippen LogP contribution in [0.25, 0.3) is 0 Å². The monoisotopic (exact) mass is 392 g/mol. The minimum Gasteiger partial charge on any atom is -0.435 e. The predicted molar refractivity (Wildman–Crippen MR) is 107 cm³/mol. The number of ether oxygens (including phenoxy) is 1. The van der Waals surface area contributed by atoms with Crippen molar-refractivity contribution < 1.29 is 9.53 Å². The number of amides is 1. The number of rotatable bonds is 4. The Morgan fingerprint density at radius 1 is 1.10 bits per heavy atom. The van der Waals surface area contributed by atoms with E-state index in [9.17, 15) is 4.79 Å². The molecule has 1 aliphatic heterocycles. The van der Waals surface area contributed by atoms with E-state index in [1.807, 2.05) is 37.9 Å². The maximum Gasteiger partial charge on any atom is 0.257 e. The molecule has 0 N–H and O–H groups in total. The first-order chi connectivity index (χ1) is 14.0. The van der Waals surface area contributed by atoms with Crippen molar-refractivity contribution in [1.82, 2.24) is 29.6 Å². The summed E-state index contributed by atoms with van der Waals surface area (Å²) in [7, 11) is 1.85. The van der Waals surface area contributed by atoms with Crippen LogP contribution in [-0.4, -0.2) is 48.6 Å². The largest absolute Gasteiger partial charge is 0.435 e. The van der Waals surface area contributed by atoms with Gasteiger partial charge in [-0.15, -0.1) is 0 Å². The van der Waals surface area contributed by atoms with Gasteiger partial charge in [0, 0.05) is 50.3 Å². The second-order valence-electron chi connectivity index (χ2n) is 7.27. The van der Waals surface area contributed by atoms with E-state index >= 15 is 0 Å². The quantitative estimate of drug-likeness (QED) is 0.678. The van der Waals surface area contributed by atoms with Crippen LogP contribution in [0, 0.1) is 13.8 Å². The third kappa shape index (κ3) is 3.83. The predicted octanol–water partition coefficient (Wildman–Crippen LogP) is 3.03. The first kappa shape index (κ1) is 19.0. The zero-order valence-electron chi connectivity index (χ0n) is 16.9. The van der Waals surface area contributed by atoms with Gasteiger partial charge in [0.15, 0.2) is 5.75 Å². The van der Waals surface area contributed by atoms with Gasteiger partial charge in [0.1, 0.15) is 5.69 Å². The van der Waals surface area contributed by atoms with Crippen molar-refractivity contribution in [3.8, 4) is 11.6 Å². The molecule has 3 aromatic rings. The van der Waals surface area contributed by atoms with Crippen molar-refractivity contribution in [3.05, 3.63) is 59.6 Å². The molecule has 3 aromatic heterocycles. The molecule has 0 bridgehead atoms. The lowest BCUT2D eigenvalue weighted by molar-refractivity contribution is 0.0710. The molecule has 29 heavy (non-hydrogen) atoms. The molecule has 1 fully saturated rings. The second kappa shape index (κ2) is 7.98. The summed E-state index contributed by atoms with van der Waals surface area (Å²) in [5, 5.41) is 4.18. The molecule has 0 atom stereocenters. The molecule has 0 aromatic carbocycles. The van der Waals surface area contributed by atoms with Crippen LogP contribution in [0.4, 0.5) is 0 Å². The van der Waals surface area contributed by atoms with Gasteiger partial charge in [-0.2, -0.15) is 5.10 Å². The SMILES string of the molecule is Cc1ncccc1Oc1nccnc1C1CCN(C(=O)c2cnn(C)c2C)CC1. The highest BCUT2D eigenvalue weighted by atomic mass is 16.5. The second-order valence-corrected chi connectivity index (χ2v) is 7.27. The molecule has 0 aliphatic carbocycles. The summed E-state index contributed by atoms with van der Waals surface area (Å²) in [6, 6.07) is 3.71. The van der Waals surface area contributed by atoms with Crippen molar-refractivity contribution in [2.45, 2.75) is 32.6 Å². The molecule has 0 radical (unpaired) electrons. The normalized spacial score (nSPS) is 14.8. The number of aryl methyl sites for hydroxylation is 2. The average Bonchev–Trinajstić information content (AvgIpc) is 3.08. The third-order valence-corrected chi connectivity index (χ3v) is 5.49. The zero-order valence-corrected chi connectivity index (χ0v) is 16.9. The number of nitrogens with zero attached hydrogens (tertiary/aromatic N) is 6. The van der Waals surface area contributed by atoms with E-state index in [0.717, 1.165) is 29.9 Å². The fourth-order valence-electron chi connectivity index (χ4n) is 3.61. The maximum atomic E-state index is 12.8. The Morgan fingerprint density at radius 2 is 1.86 bits per heavy atom. The van der Waals surface area contributed by atoms with Crippen LogP contribution in [-0.2, 0) is 7.05 Å². The Kier molecular flexibility index (Phi) is 5.24. The number of likely N-dealkylation sites (tertiary alicyclic amines) is 1. The van der Waals surface area contributed by atoms with Crippen molar-refractivity contribution >= 4 is 5.91 Å². The van der Waals surface area contributed by atoms with Crippen LogP contribution < -0.4 is 4.74 Å². The smallest absolute Gasteiger partial charge is 0.257 e. The van der Waals surface area contributed by atoms with Crippen LogP contribution in [0.5, 0.6) is 11.6 Å². The molecule has 4 rings (SSSR count). The van der Waals surface area contributed by atoms with E-state index in [4.69, 9.17) is 4.74 Å². The molecule has 8 nitrogen and oxygen atoms in total. The molecular weight excluding hydrogens is 368 g/mol. The standard InChI is InChI=1S/C21H24N6O2/c1-14-18(5-4-8-22-14)29-20-19(23-9-10-24-20)16-6-11-27(12-7-16)21(28)17-13-25-26(3)15(17)2/h4-5,8-10,13,16H,6-7,11-12H2,1-3H3. The van der Waals surface area contributed by atoms with Gasteiger partial charge in [-0.25, -0.2) is 4.98 Å². The average molecular weight is 392 g/mol. The highest BCUT2D eigenvalue weighted by Gasteiger charge is 2.29. The van der Waals surface area contributed by atoms with Gasteiger partial charge < -0.3 is 9.64 Å². The Hall–Kier alpha value is -3.29. The van der Waals surface area contributed by atoms with Crippen LogP contribution in [0.15, 0.2) is 36.9 Å². The van der Waals surface area contributed by atoms with Crippen LogP contribution in [0.3, 0.4) is 0 Å². The summed E-state index contributed by atoms with van der Waals surface area (Å²) in [6.07, 6.45) is 8.33. The van der Waals surface area contributed by atoms with Gasteiger partial charge in [-0.3, -0.25) is 19.4 Å².